The van der Waals surface area contributed by atoms with Gasteiger partial charge in [0.15, 0.2) is 0 Å². The molecule has 0 radical (unpaired) electrons. The first-order valence-electron chi connectivity index (χ1n) is 4.93. The third kappa shape index (κ3) is 3.27. The molecule has 1 rings (SSSR count). The van der Waals surface area contributed by atoms with Crippen LogP contribution in [0.15, 0.2) is 18.2 Å². The Morgan fingerprint density at radius 1 is 1.38 bits per heavy atom. The minimum absolute atomic E-state index is 0.122. The summed E-state index contributed by atoms with van der Waals surface area (Å²) < 4.78 is 0. The lowest BCUT2D eigenvalue weighted by atomic mass is 10.1. The van der Waals surface area contributed by atoms with Gasteiger partial charge in [0.1, 0.15) is 0 Å². The van der Waals surface area contributed by atoms with Gasteiger partial charge in [0.05, 0.1) is 5.56 Å². The van der Waals surface area contributed by atoms with E-state index in [4.69, 9.17) is 11.5 Å². The topological polar surface area (TPSA) is 98.2 Å². The highest BCUT2D eigenvalue weighted by molar-refractivity contribution is 5.99. The van der Waals surface area contributed by atoms with Crippen LogP contribution in [-0.4, -0.2) is 18.4 Å². The van der Waals surface area contributed by atoms with E-state index in [0.29, 0.717) is 11.3 Å². The van der Waals surface area contributed by atoms with E-state index in [1.807, 2.05) is 13.0 Å². The van der Waals surface area contributed by atoms with Crippen LogP contribution in [0.5, 0.6) is 0 Å². The van der Waals surface area contributed by atoms with Gasteiger partial charge in [-0.05, 0) is 19.1 Å². The number of benzene rings is 1. The van der Waals surface area contributed by atoms with Crippen molar-refractivity contribution in [1.29, 1.82) is 0 Å². The summed E-state index contributed by atoms with van der Waals surface area (Å²) in [5.74, 6) is -0.736. The standard InChI is InChI=1S/C11H15N3O2/c1-7-2-3-9(12)8(6-7)11(16)14-5-4-10(13)15/h2-3,6H,4-5,12H2,1H3,(H2,13,15)(H,14,16). The molecule has 0 fully saturated rings. The number of carbonyl (C=O) groups excluding carboxylic acids is 2. The summed E-state index contributed by atoms with van der Waals surface area (Å²) >= 11 is 0. The average molecular weight is 221 g/mol. The van der Waals surface area contributed by atoms with E-state index in [9.17, 15) is 9.59 Å². The molecule has 0 saturated heterocycles. The summed E-state index contributed by atoms with van der Waals surface area (Å²) in [7, 11) is 0. The first kappa shape index (κ1) is 12.0. The van der Waals surface area contributed by atoms with Gasteiger partial charge in [-0.2, -0.15) is 0 Å². The van der Waals surface area contributed by atoms with Crippen LogP contribution in [-0.2, 0) is 4.79 Å². The van der Waals surface area contributed by atoms with E-state index in [1.54, 1.807) is 12.1 Å². The molecule has 1 aromatic rings. The van der Waals surface area contributed by atoms with E-state index in [2.05, 4.69) is 5.32 Å². The van der Waals surface area contributed by atoms with Crippen LogP contribution in [0, 0.1) is 6.92 Å². The molecule has 0 bridgehead atoms. The Morgan fingerprint density at radius 2 is 2.06 bits per heavy atom. The molecule has 5 N–H and O–H groups in total. The molecule has 0 atom stereocenters. The Labute approximate surface area is 93.8 Å². The monoisotopic (exact) mass is 221 g/mol. The number of anilines is 1. The van der Waals surface area contributed by atoms with E-state index < -0.39 is 5.91 Å². The molecule has 2 amide bonds. The lowest BCUT2D eigenvalue weighted by Crippen LogP contribution is -2.28. The van der Waals surface area contributed by atoms with Gasteiger partial charge in [-0.25, -0.2) is 0 Å². The highest BCUT2D eigenvalue weighted by Gasteiger charge is 2.09. The predicted molar refractivity (Wildman–Crippen MR) is 61.7 cm³/mol. The normalized spacial score (nSPS) is 9.81. The quantitative estimate of drug-likeness (QED) is 0.632. The Kier molecular flexibility index (Phi) is 3.88. The second-order valence-electron chi connectivity index (χ2n) is 3.56. The fraction of sp³-hybridized carbons (Fsp3) is 0.273. The fourth-order valence-corrected chi connectivity index (χ4v) is 1.26. The molecule has 0 aliphatic carbocycles. The summed E-state index contributed by atoms with van der Waals surface area (Å²) in [5, 5.41) is 2.58. The molecule has 1 aromatic carbocycles. The summed E-state index contributed by atoms with van der Waals surface area (Å²) in [6.45, 7) is 2.10. The van der Waals surface area contributed by atoms with E-state index in [0.717, 1.165) is 5.56 Å². The second kappa shape index (κ2) is 5.16. The molecule has 0 aliphatic heterocycles. The summed E-state index contributed by atoms with van der Waals surface area (Å²) in [5.41, 5.74) is 12.4. The highest BCUT2D eigenvalue weighted by Crippen LogP contribution is 2.13. The van der Waals surface area contributed by atoms with Gasteiger partial charge in [0, 0.05) is 18.7 Å². The van der Waals surface area contributed by atoms with Gasteiger partial charge in [0.25, 0.3) is 5.91 Å². The van der Waals surface area contributed by atoms with Crippen molar-refractivity contribution in [3.63, 3.8) is 0 Å². The molecule has 0 unspecified atom stereocenters. The minimum Gasteiger partial charge on any atom is -0.398 e. The van der Waals surface area contributed by atoms with E-state index in [-0.39, 0.29) is 18.9 Å². The van der Waals surface area contributed by atoms with Crippen LogP contribution in [0.4, 0.5) is 5.69 Å². The van der Waals surface area contributed by atoms with E-state index in [1.165, 1.54) is 0 Å². The number of hydrogen-bond donors (Lipinski definition) is 3. The molecule has 0 aliphatic rings. The molecule has 0 saturated carbocycles. The Morgan fingerprint density at radius 3 is 2.69 bits per heavy atom. The van der Waals surface area contributed by atoms with Gasteiger partial charge in [-0.15, -0.1) is 0 Å². The molecule has 0 spiro atoms. The van der Waals surface area contributed by atoms with E-state index >= 15 is 0 Å². The molecular weight excluding hydrogens is 206 g/mol. The van der Waals surface area contributed by atoms with Crippen LogP contribution < -0.4 is 16.8 Å². The Bertz CT molecular complexity index is 416. The number of nitrogen functional groups attached to an aromatic ring is 1. The summed E-state index contributed by atoms with van der Waals surface area (Å²) in [6, 6.07) is 5.21. The molecule has 16 heavy (non-hydrogen) atoms. The summed E-state index contributed by atoms with van der Waals surface area (Å²) in [4.78, 5) is 22.1. The minimum atomic E-state index is -0.447. The number of nitrogens with one attached hydrogen (secondary N) is 1. The zero-order valence-electron chi connectivity index (χ0n) is 9.12. The SMILES string of the molecule is Cc1ccc(N)c(C(=O)NCCC(N)=O)c1. The largest absolute Gasteiger partial charge is 0.398 e. The number of aryl methyl sites for hydroxylation is 1. The maximum Gasteiger partial charge on any atom is 0.253 e. The molecule has 0 heterocycles. The molecule has 86 valence electrons. The van der Waals surface area contributed by atoms with Crippen molar-refractivity contribution in [2.24, 2.45) is 5.73 Å². The zero-order valence-corrected chi connectivity index (χ0v) is 9.12. The predicted octanol–water partition coefficient (Wildman–Crippen LogP) is 0.182. The van der Waals surface area contributed by atoms with Crippen molar-refractivity contribution in [3.8, 4) is 0 Å². The van der Waals surface area contributed by atoms with Crippen molar-refractivity contribution in [2.45, 2.75) is 13.3 Å². The maximum atomic E-state index is 11.7. The summed E-state index contributed by atoms with van der Waals surface area (Å²) in [6.07, 6.45) is 0.122. The third-order valence-electron chi connectivity index (χ3n) is 2.11. The van der Waals surface area contributed by atoms with Gasteiger partial charge in [0.2, 0.25) is 5.91 Å². The van der Waals surface area contributed by atoms with Crippen LogP contribution in [0.3, 0.4) is 0 Å². The van der Waals surface area contributed by atoms with Crippen molar-refractivity contribution < 1.29 is 9.59 Å². The number of carbonyl (C=O) groups is 2. The number of amides is 2. The Hall–Kier alpha value is -2.04. The molecule has 0 aromatic heterocycles. The van der Waals surface area contributed by atoms with Crippen LogP contribution in [0.25, 0.3) is 0 Å². The lowest BCUT2D eigenvalue weighted by molar-refractivity contribution is -0.117. The number of hydrogen-bond acceptors (Lipinski definition) is 3. The van der Waals surface area contributed by atoms with Gasteiger partial charge in [-0.1, -0.05) is 11.6 Å². The number of primary amides is 1. The van der Waals surface area contributed by atoms with Crippen molar-refractivity contribution in [1.82, 2.24) is 5.32 Å². The average Bonchev–Trinajstić information content (AvgIpc) is 2.21. The van der Waals surface area contributed by atoms with Crippen molar-refractivity contribution in [3.05, 3.63) is 29.3 Å². The fourth-order valence-electron chi connectivity index (χ4n) is 1.26. The molecule has 5 nitrogen and oxygen atoms in total. The van der Waals surface area contributed by atoms with Gasteiger partial charge < -0.3 is 16.8 Å². The first-order valence-corrected chi connectivity index (χ1v) is 4.93. The third-order valence-corrected chi connectivity index (χ3v) is 2.11. The van der Waals surface area contributed by atoms with Crippen LogP contribution in [0.1, 0.15) is 22.3 Å². The zero-order chi connectivity index (χ0) is 12.1. The van der Waals surface area contributed by atoms with Gasteiger partial charge >= 0.3 is 0 Å². The highest BCUT2D eigenvalue weighted by atomic mass is 16.2. The number of rotatable bonds is 4. The maximum absolute atomic E-state index is 11.7. The number of nitrogens with two attached hydrogens (primary N) is 2. The second-order valence-corrected chi connectivity index (χ2v) is 3.56. The Balaban J connectivity index is 2.65. The van der Waals surface area contributed by atoms with Crippen molar-refractivity contribution in [2.75, 3.05) is 12.3 Å². The molecular formula is C11H15N3O2. The smallest absolute Gasteiger partial charge is 0.253 e. The first-order chi connectivity index (χ1) is 7.50. The van der Waals surface area contributed by atoms with Gasteiger partial charge in [-0.3, -0.25) is 9.59 Å². The molecule has 5 heteroatoms. The van der Waals surface area contributed by atoms with Crippen LogP contribution >= 0.6 is 0 Å². The van der Waals surface area contributed by atoms with Crippen molar-refractivity contribution >= 4 is 17.5 Å². The lowest BCUT2D eigenvalue weighted by Gasteiger charge is -2.07. The van der Waals surface area contributed by atoms with Crippen LogP contribution in [0.2, 0.25) is 0 Å².